The number of nitrogens with zero attached hydrogens (tertiary/aromatic N) is 3. The lowest BCUT2D eigenvalue weighted by Crippen LogP contribution is -2.21. The van der Waals surface area contributed by atoms with Crippen molar-refractivity contribution in [1.82, 2.24) is 14.5 Å². The molecule has 0 bridgehead atoms. The minimum Gasteiger partial charge on any atom is -0.494 e. The molecule has 0 saturated heterocycles. The molecule has 0 radical (unpaired) electrons. The van der Waals surface area contributed by atoms with Crippen molar-refractivity contribution >= 4 is 16.9 Å². The third kappa shape index (κ3) is 5.24. The summed E-state index contributed by atoms with van der Waals surface area (Å²) in [5.41, 5.74) is 3.10. The number of benzene rings is 1. The van der Waals surface area contributed by atoms with Crippen LogP contribution in [0.4, 0.5) is 13.2 Å². The quantitative estimate of drug-likeness (QED) is 0.660. The van der Waals surface area contributed by atoms with E-state index in [1.807, 2.05) is 24.5 Å². The Balaban J connectivity index is 0.000000370. The molecule has 0 aliphatic heterocycles. The number of ether oxygens (including phenoxy) is 1. The van der Waals surface area contributed by atoms with Crippen molar-refractivity contribution in [2.24, 2.45) is 0 Å². The van der Waals surface area contributed by atoms with Crippen molar-refractivity contribution in [1.29, 1.82) is 0 Å². The van der Waals surface area contributed by atoms with Crippen molar-refractivity contribution in [3.05, 3.63) is 42.2 Å². The van der Waals surface area contributed by atoms with Gasteiger partial charge in [0.15, 0.2) is 5.82 Å². The maximum Gasteiger partial charge on any atom is 0.490 e. The Morgan fingerprint density at radius 2 is 1.97 bits per heavy atom. The Kier molecular flexibility index (Phi) is 7.19. The van der Waals surface area contributed by atoms with Gasteiger partial charge in [0, 0.05) is 24.3 Å². The Labute approximate surface area is 166 Å². The highest BCUT2D eigenvalue weighted by molar-refractivity contribution is 5.87. The van der Waals surface area contributed by atoms with Gasteiger partial charge in [-0.25, -0.2) is 14.8 Å². The van der Waals surface area contributed by atoms with Gasteiger partial charge < -0.3 is 14.4 Å². The lowest BCUT2D eigenvalue weighted by atomic mass is 10.0. The zero-order valence-corrected chi connectivity index (χ0v) is 16.3. The molecule has 0 aliphatic carbocycles. The number of fused-ring (bicyclic) bond motifs is 1. The minimum atomic E-state index is -5.08. The molecular weight excluding hydrogens is 387 g/mol. The molecule has 0 spiro atoms. The first-order chi connectivity index (χ1) is 13.7. The average Bonchev–Trinajstić information content (AvgIpc) is 3.15. The van der Waals surface area contributed by atoms with E-state index in [9.17, 15) is 13.2 Å². The van der Waals surface area contributed by atoms with Gasteiger partial charge in [0.1, 0.15) is 17.0 Å². The molecule has 9 heteroatoms. The zero-order chi connectivity index (χ0) is 21.6. The summed E-state index contributed by atoms with van der Waals surface area (Å²) in [6, 6.07) is 8.26. The van der Waals surface area contributed by atoms with Crippen molar-refractivity contribution < 1.29 is 27.8 Å². The van der Waals surface area contributed by atoms with E-state index < -0.39 is 12.1 Å². The van der Waals surface area contributed by atoms with E-state index in [0.29, 0.717) is 0 Å². The second-order valence-corrected chi connectivity index (χ2v) is 6.12. The summed E-state index contributed by atoms with van der Waals surface area (Å²) in [6.07, 6.45) is 0.824. The first kappa shape index (κ1) is 22.2. The van der Waals surface area contributed by atoms with Crippen molar-refractivity contribution in [2.45, 2.75) is 39.4 Å². The summed E-state index contributed by atoms with van der Waals surface area (Å²) in [7, 11) is 1.68. The average molecular weight is 409 g/mol. The van der Waals surface area contributed by atoms with Gasteiger partial charge in [-0.15, -0.1) is 0 Å². The minimum absolute atomic E-state index is 0.802. The maximum atomic E-state index is 10.6. The molecule has 2 heterocycles. The fourth-order valence-corrected chi connectivity index (χ4v) is 2.81. The number of aryl methyl sites for hydroxylation is 2. The number of aromatic nitrogens is 3. The number of carboxylic acids is 1. The molecule has 3 rings (SSSR count). The van der Waals surface area contributed by atoms with Crippen molar-refractivity contribution in [3.63, 3.8) is 0 Å². The Morgan fingerprint density at radius 1 is 1.28 bits per heavy atom. The summed E-state index contributed by atoms with van der Waals surface area (Å²) in [5, 5.41) is 8.24. The first-order valence-corrected chi connectivity index (χ1v) is 9.01. The fourth-order valence-electron chi connectivity index (χ4n) is 2.81. The van der Waals surface area contributed by atoms with Crippen LogP contribution >= 0.6 is 0 Å². The number of imidazole rings is 1. The van der Waals surface area contributed by atoms with Gasteiger partial charge in [-0.05, 0) is 31.0 Å². The molecule has 0 fully saturated rings. The highest BCUT2D eigenvalue weighted by atomic mass is 19.4. The van der Waals surface area contributed by atoms with E-state index in [4.69, 9.17) is 19.6 Å². The maximum absolute atomic E-state index is 10.6. The number of para-hydroxylation sites is 1. The van der Waals surface area contributed by atoms with Crippen LogP contribution in [0.15, 0.2) is 36.7 Å². The Bertz CT molecular complexity index is 984. The van der Waals surface area contributed by atoms with E-state index in [0.717, 1.165) is 47.6 Å². The van der Waals surface area contributed by atoms with Crippen LogP contribution in [-0.4, -0.2) is 38.9 Å². The molecule has 6 nitrogen and oxygen atoms in total. The van der Waals surface area contributed by atoms with Gasteiger partial charge in [0.25, 0.3) is 0 Å². The second-order valence-electron chi connectivity index (χ2n) is 6.12. The third-order valence-electron chi connectivity index (χ3n) is 4.14. The number of pyridine rings is 1. The van der Waals surface area contributed by atoms with Crippen LogP contribution in [0, 0.1) is 0 Å². The molecule has 0 amide bonds. The van der Waals surface area contributed by atoms with Crippen LogP contribution < -0.4 is 4.74 Å². The van der Waals surface area contributed by atoms with Crippen molar-refractivity contribution in [2.75, 3.05) is 7.11 Å². The normalized spacial score (nSPS) is 11.1. The molecular formula is C20H22F3N3O3. The molecule has 0 aliphatic rings. The lowest BCUT2D eigenvalue weighted by molar-refractivity contribution is -0.192. The molecule has 0 unspecified atom stereocenters. The fraction of sp³-hybridized carbons (Fsp3) is 0.350. The molecule has 1 aromatic carbocycles. The van der Waals surface area contributed by atoms with Gasteiger partial charge >= 0.3 is 12.1 Å². The molecule has 2 aromatic heterocycles. The highest BCUT2D eigenvalue weighted by Crippen LogP contribution is 2.30. The number of alkyl halides is 3. The summed E-state index contributed by atoms with van der Waals surface area (Å²) >= 11 is 0. The van der Waals surface area contributed by atoms with Crippen molar-refractivity contribution in [3.8, 4) is 17.3 Å². The van der Waals surface area contributed by atoms with E-state index in [1.54, 1.807) is 7.11 Å². The number of hydrogen-bond acceptors (Lipinski definition) is 4. The van der Waals surface area contributed by atoms with Crippen LogP contribution in [0.1, 0.15) is 25.8 Å². The smallest absolute Gasteiger partial charge is 0.490 e. The highest BCUT2D eigenvalue weighted by Gasteiger charge is 2.38. The Morgan fingerprint density at radius 3 is 2.52 bits per heavy atom. The largest absolute Gasteiger partial charge is 0.494 e. The van der Waals surface area contributed by atoms with E-state index in [-0.39, 0.29) is 0 Å². The monoisotopic (exact) mass is 409 g/mol. The van der Waals surface area contributed by atoms with Crippen LogP contribution in [0.25, 0.3) is 22.4 Å². The van der Waals surface area contributed by atoms with Crippen LogP contribution in [0.3, 0.4) is 0 Å². The SMILES string of the molecule is CCCc1cc2cccc(OC)c2nc1-c1nccn1CC.O=C(O)C(F)(F)F. The van der Waals surface area contributed by atoms with E-state index in [2.05, 4.69) is 35.5 Å². The predicted octanol–water partition coefficient (Wildman–Crippen LogP) is 4.71. The zero-order valence-electron chi connectivity index (χ0n) is 16.3. The number of carboxylic acid groups (broad SMARTS) is 1. The third-order valence-corrected chi connectivity index (χ3v) is 4.14. The number of carbonyl (C=O) groups is 1. The summed E-state index contributed by atoms with van der Waals surface area (Å²) in [4.78, 5) is 18.3. The second kappa shape index (κ2) is 9.40. The van der Waals surface area contributed by atoms with Crippen LogP contribution in [0.5, 0.6) is 5.75 Å². The number of rotatable bonds is 5. The number of methoxy groups -OCH3 is 1. The number of aliphatic carboxylic acids is 1. The molecule has 29 heavy (non-hydrogen) atoms. The van der Waals surface area contributed by atoms with Gasteiger partial charge in [0.2, 0.25) is 0 Å². The molecule has 0 atom stereocenters. The van der Waals surface area contributed by atoms with Gasteiger partial charge in [-0.2, -0.15) is 13.2 Å². The van der Waals surface area contributed by atoms with Gasteiger partial charge in [-0.3, -0.25) is 0 Å². The van der Waals surface area contributed by atoms with Gasteiger partial charge in [0.05, 0.1) is 7.11 Å². The van der Waals surface area contributed by atoms with Gasteiger partial charge in [-0.1, -0.05) is 25.5 Å². The molecule has 156 valence electrons. The summed E-state index contributed by atoms with van der Waals surface area (Å²) in [5.74, 6) is -1.03. The van der Waals surface area contributed by atoms with E-state index in [1.165, 1.54) is 5.56 Å². The lowest BCUT2D eigenvalue weighted by Gasteiger charge is -2.13. The molecule has 1 N–H and O–H groups in total. The summed E-state index contributed by atoms with van der Waals surface area (Å²) < 4.78 is 39.3. The standard InChI is InChI=1S/C18H21N3O.C2HF3O2/c1-4-7-13-12-14-8-6-9-15(22-3)16(14)20-17(13)18-19-10-11-21(18)5-2;3-2(4,5)1(6)7/h6,8-12H,4-5,7H2,1-3H3;(H,6,7). The van der Waals surface area contributed by atoms with Crippen LogP contribution in [0.2, 0.25) is 0 Å². The van der Waals surface area contributed by atoms with E-state index >= 15 is 0 Å². The number of hydrogen-bond donors (Lipinski definition) is 1. The predicted molar refractivity (Wildman–Crippen MR) is 103 cm³/mol. The van der Waals surface area contributed by atoms with Crippen LogP contribution in [-0.2, 0) is 17.8 Å². The summed E-state index contributed by atoms with van der Waals surface area (Å²) in [6.45, 7) is 5.19. The topological polar surface area (TPSA) is 77.2 Å². The Hall–Kier alpha value is -3.10. The number of halogens is 3. The molecule has 3 aromatic rings. The first-order valence-electron chi connectivity index (χ1n) is 9.01. The molecule has 0 saturated carbocycles.